The van der Waals surface area contributed by atoms with E-state index < -0.39 is 0 Å². The van der Waals surface area contributed by atoms with Crippen LogP contribution in [0.2, 0.25) is 0 Å². The first kappa shape index (κ1) is 18.7. The van der Waals surface area contributed by atoms with E-state index in [1.807, 2.05) is 54.1 Å². The number of amides is 2. The van der Waals surface area contributed by atoms with Crippen molar-refractivity contribution < 1.29 is 14.3 Å². The van der Waals surface area contributed by atoms with Crippen LogP contribution in [0.3, 0.4) is 0 Å². The first-order chi connectivity index (χ1) is 13.5. The van der Waals surface area contributed by atoms with Gasteiger partial charge in [0, 0.05) is 37.9 Å². The molecule has 0 aliphatic carbocycles. The van der Waals surface area contributed by atoms with Crippen molar-refractivity contribution in [2.24, 2.45) is 0 Å². The van der Waals surface area contributed by atoms with Crippen LogP contribution in [0.5, 0.6) is 0 Å². The topological polar surface area (TPSA) is 67.7 Å². The lowest BCUT2D eigenvalue weighted by Crippen LogP contribution is -2.41. The molecule has 1 aromatic carbocycles. The van der Waals surface area contributed by atoms with E-state index in [4.69, 9.17) is 9.72 Å². The highest BCUT2D eigenvalue weighted by atomic mass is 16.5. The lowest BCUT2D eigenvalue weighted by molar-refractivity contribution is -0.134. The molecule has 3 heterocycles. The summed E-state index contributed by atoms with van der Waals surface area (Å²) >= 11 is 0. The van der Waals surface area contributed by atoms with Gasteiger partial charge < -0.3 is 19.1 Å². The highest BCUT2D eigenvalue weighted by Gasteiger charge is 2.31. The molecule has 0 bridgehead atoms. The van der Waals surface area contributed by atoms with E-state index in [0.717, 1.165) is 17.1 Å². The van der Waals surface area contributed by atoms with Gasteiger partial charge in [-0.1, -0.05) is 17.7 Å². The minimum absolute atomic E-state index is 0.0244. The molecule has 2 aliphatic heterocycles. The van der Waals surface area contributed by atoms with Crippen molar-refractivity contribution in [2.75, 3.05) is 32.8 Å². The van der Waals surface area contributed by atoms with Crippen molar-refractivity contribution in [3.05, 3.63) is 53.1 Å². The Morgan fingerprint density at radius 1 is 1.18 bits per heavy atom. The fourth-order valence-corrected chi connectivity index (χ4v) is 3.93. The number of fused-ring (bicyclic) bond motifs is 1. The Bertz CT molecular complexity index is 886. The summed E-state index contributed by atoms with van der Waals surface area (Å²) in [6.07, 6.45) is 2.25. The maximum atomic E-state index is 13.0. The van der Waals surface area contributed by atoms with Crippen LogP contribution in [0.4, 0.5) is 0 Å². The molecule has 28 heavy (non-hydrogen) atoms. The first-order valence-corrected chi connectivity index (χ1v) is 9.82. The van der Waals surface area contributed by atoms with Gasteiger partial charge in [-0.15, -0.1) is 0 Å². The third-order valence-electron chi connectivity index (χ3n) is 5.50. The van der Waals surface area contributed by atoms with Crippen molar-refractivity contribution in [2.45, 2.75) is 32.9 Å². The Hall–Kier alpha value is -2.67. The number of ether oxygens (including phenoxy) is 1. The molecular formula is C21H26N4O3. The van der Waals surface area contributed by atoms with Gasteiger partial charge in [-0.25, -0.2) is 4.98 Å². The van der Waals surface area contributed by atoms with Crippen molar-refractivity contribution in [1.29, 1.82) is 0 Å². The molecule has 7 heteroatoms. The molecule has 2 amide bonds. The van der Waals surface area contributed by atoms with E-state index >= 15 is 0 Å². The van der Waals surface area contributed by atoms with E-state index in [9.17, 15) is 9.59 Å². The Balaban J connectivity index is 1.48. The highest BCUT2D eigenvalue weighted by Crippen LogP contribution is 2.26. The van der Waals surface area contributed by atoms with Gasteiger partial charge in [0.15, 0.2) is 0 Å². The number of rotatable bonds is 3. The first-order valence-electron chi connectivity index (χ1n) is 9.82. The summed E-state index contributed by atoms with van der Waals surface area (Å²) in [5.74, 6) is 0.951. The predicted octanol–water partition coefficient (Wildman–Crippen LogP) is 1.81. The van der Waals surface area contributed by atoms with Crippen LogP contribution in [0.25, 0.3) is 0 Å². The Kier molecular flexibility index (Phi) is 5.17. The molecule has 0 spiro atoms. The zero-order chi connectivity index (χ0) is 19.7. The quantitative estimate of drug-likeness (QED) is 0.812. The standard InChI is InChI=1S/C21H26N4O3/c1-15-4-3-5-17(12-15)21(27)25-7-6-24-14-18(22-20(24)16(25)2)13-19(26)23-8-10-28-11-9-23/h3-5,12,14,16H,6-11,13H2,1-2H3. The molecule has 1 saturated heterocycles. The molecule has 0 radical (unpaired) electrons. The summed E-state index contributed by atoms with van der Waals surface area (Å²) in [6, 6.07) is 7.54. The Labute approximate surface area is 164 Å². The molecular weight excluding hydrogens is 356 g/mol. The minimum atomic E-state index is -0.131. The van der Waals surface area contributed by atoms with E-state index in [1.165, 1.54) is 0 Å². The number of imidazole rings is 1. The average molecular weight is 382 g/mol. The van der Waals surface area contributed by atoms with Crippen LogP contribution in [0.1, 0.15) is 40.4 Å². The smallest absolute Gasteiger partial charge is 0.254 e. The van der Waals surface area contributed by atoms with E-state index in [0.29, 0.717) is 51.4 Å². The summed E-state index contributed by atoms with van der Waals surface area (Å²) in [5, 5.41) is 0. The number of aromatic nitrogens is 2. The van der Waals surface area contributed by atoms with Gasteiger partial charge in [0.1, 0.15) is 5.82 Å². The summed E-state index contributed by atoms with van der Waals surface area (Å²) in [6.45, 7) is 7.78. The third kappa shape index (κ3) is 3.67. The zero-order valence-corrected chi connectivity index (χ0v) is 16.4. The summed E-state index contributed by atoms with van der Waals surface area (Å²) < 4.78 is 7.38. The summed E-state index contributed by atoms with van der Waals surface area (Å²) in [7, 11) is 0. The van der Waals surface area contributed by atoms with Gasteiger partial charge in [-0.2, -0.15) is 0 Å². The zero-order valence-electron chi connectivity index (χ0n) is 16.4. The lowest BCUT2D eigenvalue weighted by atomic mass is 10.1. The monoisotopic (exact) mass is 382 g/mol. The minimum Gasteiger partial charge on any atom is -0.378 e. The highest BCUT2D eigenvalue weighted by molar-refractivity contribution is 5.94. The van der Waals surface area contributed by atoms with Crippen LogP contribution < -0.4 is 0 Å². The fourth-order valence-electron chi connectivity index (χ4n) is 3.93. The molecule has 148 valence electrons. The molecule has 4 rings (SSSR count). The van der Waals surface area contributed by atoms with E-state index in [1.54, 1.807) is 0 Å². The SMILES string of the molecule is Cc1cccc(C(=O)N2CCn3cc(CC(=O)N4CCOCC4)nc3C2C)c1. The van der Waals surface area contributed by atoms with E-state index in [2.05, 4.69) is 4.57 Å². The maximum Gasteiger partial charge on any atom is 0.254 e. The van der Waals surface area contributed by atoms with Gasteiger partial charge in [-0.3, -0.25) is 9.59 Å². The second-order valence-corrected chi connectivity index (χ2v) is 7.50. The Morgan fingerprint density at radius 2 is 1.96 bits per heavy atom. The molecule has 0 saturated carbocycles. The number of hydrogen-bond acceptors (Lipinski definition) is 4. The Morgan fingerprint density at radius 3 is 2.71 bits per heavy atom. The molecule has 1 fully saturated rings. The number of morpholine rings is 1. The summed E-state index contributed by atoms with van der Waals surface area (Å²) in [5.41, 5.74) is 2.54. The molecule has 2 aliphatic rings. The molecule has 1 unspecified atom stereocenters. The second kappa shape index (κ2) is 7.75. The number of carbonyl (C=O) groups excluding carboxylic acids is 2. The van der Waals surface area contributed by atoms with Gasteiger partial charge in [0.25, 0.3) is 5.91 Å². The number of aryl methyl sites for hydroxylation is 1. The van der Waals surface area contributed by atoms with Crippen molar-refractivity contribution in [1.82, 2.24) is 19.4 Å². The van der Waals surface area contributed by atoms with Crippen LogP contribution in [0, 0.1) is 6.92 Å². The average Bonchev–Trinajstić information content (AvgIpc) is 3.12. The second-order valence-electron chi connectivity index (χ2n) is 7.50. The number of hydrogen-bond donors (Lipinski definition) is 0. The predicted molar refractivity (Wildman–Crippen MR) is 104 cm³/mol. The fraction of sp³-hybridized carbons (Fsp3) is 0.476. The lowest BCUT2D eigenvalue weighted by Gasteiger charge is -2.33. The van der Waals surface area contributed by atoms with Gasteiger partial charge in [0.2, 0.25) is 5.91 Å². The number of nitrogens with zero attached hydrogens (tertiary/aromatic N) is 4. The summed E-state index contributed by atoms with van der Waals surface area (Å²) in [4.78, 5) is 33.9. The van der Waals surface area contributed by atoms with Gasteiger partial charge >= 0.3 is 0 Å². The third-order valence-corrected chi connectivity index (χ3v) is 5.50. The largest absolute Gasteiger partial charge is 0.378 e. The van der Waals surface area contributed by atoms with Crippen molar-refractivity contribution in [3.63, 3.8) is 0 Å². The maximum absolute atomic E-state index is 13.0. The van der Waals surface area contributed by atoms with Crippen molar-refractivity contribution in [3.8, 4) is 0 Å². The van der Waals surface area contributed by atoms with Crippen LogP contribution >= 0.6 is 0 Å². The van der Waals surface area contributed by atoms with Gasteiger partial charge in [-0.05, 0) is 26.0 Å². The number of benzene rings is 1. The molecule has 0 N–H and O–H groups in total. The van der Waals surface area contributed by atoms with E-state index in [-0.39, 0.29) is 17.9 Å². The van der Waals surface area contributed by atoms with Crippen LogP contribution in [-0.2, 0) is 22.5 Å². The van der Waals surface area contributed by atoms with Gasteiger partial charge in [0.05, 0.1) is 31.4 Å². The van der Waals surface area contributed by atoms with Crippen molar-refractivity contribution >= 4 is 11.8 Å². The molecule has 1 aromatic heterocycles. The van der Waals surface area contributed by atoms with Crippen LogP contribution in [-0.4, -0.2) is 64.0 Å². The normalized spacial score (nSPS) is 19.4. The molecule has 1 atom stereocenters. The molecule has 7 nitrogen and oxygen atoms in total. The van der Waals surface area contributed by atoms with Crippen LogP contribution in [0.15, 0.2) is 30.5 Å². The molecule has 2 aromatic rings. The number of carbonyl (C=O) groups is 2.